The third-order valence-corrected chi connectivity index (χ3v) is 5.02. The molecule has 5 nitrogen and oxygen atoms in total. The summed E-state index contributed by atoms with van der Waals surface area (Å²) in [6, 6.07) is 0.370. The molecule has 0 saturated heterocycles. The van der Waals surface area contributed by atoms with Gasteiger partial charge in [-0.05, 0) is 38.6 Å². The Kier molecular flexibility index (Phi) is 6.03. The molecule has 21 heavy (non-hydrogen) atoms. The first-order valence-electron chi connectivity index (χ1n) is 8.37. The van der Waals surface area contributed by atoms with Gasteiger partial charge in [0.2, 0.25) is 5.91 Å². The average molecular weight is 295 g/mol. The van der Waals surface area contributed by atoms with E-state index in [0.717, 1.165) is 32.1 Å². The maximum Gasteiger partial charge on any atom is 0.321 e. The number of hydrogen-bond donors (Lipinski definition) is 2. The average Bonchev–Trinajstić information content (AvgIpc) is 2.95. The first-order valence-corrected chi connectivity index (χ1v) is 8.37. The molecule has 0 radical (unpaired) electrons. The van der Waals surface area contributed by atoms with Gasteiger partial charge in [-0.3, -0.25) is 15.0 Å². The van der Waals surface area contributed by atoms with E-state index < -0.39 is 0 Å². The van der Waals surface area contributed by atoms with E-state index >= 15 is 0 Å². The summed E-state index contributed by atoms with van der Waals surface area (Å²) in [5.74, 6) is 0.297. The zero-order chi connectivity index (χ0) is 15.2. The van der Waals surface area contributed by atoms with E-state index in [0.29, 0.717) is 18.5 Å². The van der Waals surface area contributed by atoms with Crippen LogP contribution in [0.4, 0.5) is 4.79 Å². The fourth-order valence-electron chi connectivity index (χ4n) is 3.60. The lowest BCUT2D eigenvalue weighted by Gasteiger charge is -2.29. The van der Waals surface area contributed by atoms with Crippen LogP contribution in [0.5, 0.6) is 0 Å². The maximum atomic E-state index is 11.9. The normalized spacial score (nSPS) is 26.8. The first-order chi connectivity index (χ1) is 10.1. The molecule has 0 aromatic heterocycles. The van der Waals surface area contributed by atoms with Crippen molar-refractivity contribution < 1.29 is 9.59 Å². The summed E-state index contributed by atoms with van der Waals surface area (Å²) in [4.78, 5) is 25.9. The van der Waals surface area contributed by atoms with Gasteiger partial charge in [0.25, 0.3) is 0 Å². The molecule has 0 aromatic carbocycles. The van der Waals surface area contributed by atoms with Crippen LogP contribution in [0, 0.1) is 5.92 Å². The summed E-state index contributed by atoms with van der Waals surface area (Å²) in [7, 11) is 1.97. The summed E-state index contributed by atoms with van der Waals surface area (Å²) in [5.41, 5.74) is 0. The van der Waals surface area contributed by atoms with E-state index in [1.165, 1.54) is 19.3 Å². The van der Waals surface area contributed by atoms with Crippen LogP contribution >= 0.6 is 0 Å². The Labute approximate surface area is 127 Å². The van der Waals surface area contributed by atoms with Gasteiger partial charge in [0, 0.05) is 12.1 Å². The number of carbonyl (C=O) groups excluding carboxylic acids is 2. The third-order valence-electron chi connectivity index (χ3n) is 5.02. The number of nitrogens with zero attached hydrogens (tertiary/aromatic N) is 1. The zero-order valence-electron chi connectivity index (χ0n) is 13.4. The molecule has 2 fully saturated rings. The standard InChI is InChI=1S/C16H29N3O2/c1-12-7-3-6-10-14(12)17-16(21)18-15(20)11-19(2)13-8-4-5-9-13/h12-14H,3-11H2,1-2H3,(H2,17,18,20,21). The maximum absolute atomic E-state index is 11.9. The van der Waals surface area contributed by atoms with Gasteiger partial charge in [-0.2, -0.15) is 0 Å². The van der Waals surface area contributed by atoms with Crippen molar-refractivity contribution in [1.82, 2.24) is 15.5 Å². The summed E-state index contributed by atoms with van der Waals surface area (Å²) in [5, 5.41) is 5.42. The number of rotatable bonds is 4. The van der Waals surface area contributed by atoms with Crippen molar-refractivity contribution in [2.24, 2.45) is 5.92 Å². The van der Waals surface area contributed by atoms with Gasteiger partial charge in [-0.1, -0.05) is 32.6 Å². The molecule has 2 atom stereocenters. The van der Waals surface area contributed by atoms with Gasteiger partial charge < -0.3 is 5.32 Å². The highest BCUT2D eigenvalue weighted by atomic mass is 16.2. The number of amides is 3. The fourth-order valence-corrected chi connectivity index (χ4v) is 3.60. The molecule has 2 rings (SSSR count). The van der Waals surface area contributed by atoms with Crippen molar-refractivity contribution in [3.63, 3.8) is 0 Å². The molecule has 2 aliphatic rings. The van der Waals surface area contributed by atoms with E-state index in [9.17, 15) is 9.59 Å². The minimum absolute atomic E-state index is 0.203. The molecule has 120 valence electrons. The van der Waals surface area contributed by atoms with Crippen LogP contribution in [-0.2, 0) is 4.79 Å². The highest BCUT2D eigenvalue weighted by Crippen LogP contribution is 2.23. The number of likely N-dealkylation sites (N-methyl/N-ethyl adjacent to an activating group) is 1. The Bertz CT molecular complexity index is 367. The second kappa shape index (κ2) is 7.78. The van der Waals surface area contributed by atoms with Crippen LogP contribution in [0.15, 0.2) is 0 Å². The predicted octanol–water partition coefficient (Wildman–Crippen LogP) is 2.27. The summed E-state index contributed by atoms with van der Waals surface area (Å²) < 4.78 is 0. The Morgan fingerprint density at radius 3 is 2.33 bits per heavy atom. The van der Waals surface area contributed by atoms with Crippen LogP contribution in [-0.4, -0.2) is 42.5 Å². The predicted molar refractivity (Wildman–Crippen MR) is 83.0 cm³/mol. The van der Waals surface area contributed by atoms with E-state index in [-0.39, 0.29) is 18.0 Å². The topological polar surface area (TPSA) is 61.4 Å². The third kappa shape index (κ3) is 4.99. The Morgan fingerprint density at radius 2 is 1.67 bits per heavy atom. The van der Waals surface area contributed by atoms with Crippen molar-refractivity contribution in [2.45, 2.75) is 70.4 Å². The smallest absolute Gasteiger partial charge is 0.321 e. The largest absolute Gasteiger partial charge is 0.335 e. The van der Waals surface area contributed by atoms with Crippen LogP contribution in [0.3, 0.4) is 0 Å². The van der Waals surface area contributed by atoms with Crippen molar-refractivity contribution in [3.8, 4) is 0 Å². The van der Waals surface area contributed by atoms with Crippen LogP contribution in [0.2, 0.25) is 0 Å². The van der Waals surface area contributed by atoms with E-state index in [2.05, 4.69) is 22.5 Å². The molecular formula is C16H29N3O2. The van der Waals surface area contributed by atoms with E-state index in [1.807, 2.05) is 7.05 Å². The van der Waals surface area contributed by atoms with E-state index in [4.69, 9.17) is 0 Å². The molecule has 0 bridgehead atoms. The Balaban J connectivity index is 1.70. The zero-order valence-corrected chi connectivity index (χ0v) is 13.4. The van der Waals surface area contributed by atoms with Gasteiger partial charge in [-0.15, -0.1) is 0 Å². The highest BCUT2D eigenvalue weighted by Gasteiger charge is 2.24. The van der Waals surface area contributed by atoms with Gasteiger partial charge in [-0.25, -0.2) is 4.79 Å². The minimum atomic E-state index is -0.335. The van der Waals surface area contributed by atoms with Crippen molar-refractivity contribution in [1.29, 1.82) is 0 Å². The lowest BCUT2D eigenvalue weighted by atomic mass is 9.86. The summed E-state index contributed by atoms with van der Waals surface area (Å²) in [6.45, 7) is 2.47. The minimum Gasteiger partial charge on any atom is -0.335 e. The summed E-state index contributed by atoms with van der Waals surface area (Å²) >= 11 is 0. The van der Waals surface area contributed by atoms with E-state index in [1.54, 1.807) is 0 Å². The van der Waals surface area contributed by atoms with Crippen LogP contribution < -0.4 is 10.6 Å². The lowest BCUT2D eigenvalue weighted by Crippen LogP contribution is -2.50. The number of nitrogens with one attached hydrogen (secondary N) is 2. The van der Waals surface area contributed by atoms with Crippen LogP contribution in [0.25, 0.3) is 0 Å². The lowest BCUT2D eigenvalue weighted by molar-refractivity contribution is -0.121. The Hall–Kier alpha value is -1.10. The van der Waals surface area contributed by atoms with Crippen molar-refractivity contribution >= 4 is 11.9 Å². The van der Waals surface area contributed by atoms with Crippen LogP contribution in [0.1, 0.15) is 58.3 Å². The molecule has 2 N–H and O–H groups in total. The number of urea groups is 1. The summed E-state index contributed by atoms with van der Waals surface area (Å²) in [6.07, 6.45) is 9.40. The molecule has 0 aliphatic heterocycles. The number of imide groups is 1. The number of carbonyl (C=O) groups is 2. The molecule has 3 amide bonds. The molecule has 5 heteroatoms. The molecule has 2 saturated carbocycles. The SMILES string of the molecule is CC1CCCCC1NC(=O)NC(=O)CN(C)C1CCCC1. The second-order valence-electron chi connectivity index (χ2n) is 6.74. The fraction of sp³-hybridized carbons (Fsp3) is 0.875. The van der Waals surface area contributed by atoms with Gasteiger partial charge in [0.1, 0.15) is 0 Å². The molecular weight excluding hydrogens is 266 g/mol. The molecule has 2 aliphatic carbocycles. The highest BCUT2D eigenvalue weighted by molar-refractivity contribution is 5.95. The number of hydrogen-bond acceptors (Lipinski definition) is 3. The molecule has 0 spiro atoms. The second-order valence-corrected chi connectivity index (χ2v) is 6.74. The first kappa shape index (κ1) is 16.3. The molecule has 0 heterocycles. The van der Waals surface area contributed by atoms with Gasteiger partial charge in [0.15, 0.2) is 0 Å². The van der Waals surface area contributed by atoms with Gasteiger partial charge >= 0.3 is 6.03 Å². The molecule has 0 aromatic rings. The quantitative estimate of drug-likeness (QED) is 0.836. The van der Waals surface area contributed by atoms with Gasteiger partial charge in [0.05, 0.1) is 6.54 Å². The van der Waals surface area contributed by atoms with Crippen molar-refractivity contribution in [3.05, 3.63) is 0 Å². The molecule has 2 unspecified atom stereocenters. The van der Waals surface area contributed by atoms with Crippen molar-refractivity contribution in [2.75, 3.05) is 13.6 Å². The Morgan fingerprint density at radius 1 is 1.05 bits per heavy atom. The monoisotopic (exact) mass is 295 g/mol.